The third kappa shape index (κ3) is 5.98. The van der Waals surface area contributed by atoms with Gasteiger partial charge in [0.05, 0.1) is 25.0 Å². The fraction of sp³-hybridized carbons (Fsp3) is 0.391. The van der Waals surface area contributed by atoms with Crippen LogP contribution in [0.1, 0.15) is 48.2 Å². The molecule has 0 saturated carbocycles. The van der Waals surface area contributed by atoms with Gasteiger partial charge in [0.2, 0.25) is 5.91 Å². The van der Waals surface area contributed by atoms with Crippen LogP contribution < -0.4 is 14.8 Å². The number of ether oxygens (including phenoxy) is 2. The molecular formula is C23H29NO5. The van der Waals surface area contributed by atoms with Crippen LogP contribution in [0, 0.1) is 19.3 Å². The zero-order valence-corrected chi connectivity index (χ0v) is 17.7. The van der Waals surface area contributed by atoms with Crippen molar-refractivity contribution in [3.8, 4) is 11.5 Å². The minimum Gasteiger partial charge on any atom is -0.497 e. The quantitative estimate of drug-likeness (QED) is 0.590. The second kappa shape index (κ2) is 9.45. The van der Waals surface area contributed by atoms with Crippen LogP contribution in [0.15, 0.2) is 36.4 Å². The van der Waals surface area contributed by atoms with Crippen molar-refractivity contribution in [3.05, 3.63) is 53.1 Å². The minimum absolute atomic E-state index is 0.0215. The van der Waals surface area contributed by atoms with Crippen molar-refractivity contribution in [1.29, 1.82) is 0 Å². The standard InChI is InChI=1S/C23H29NO5/c1-15-7-8-16(2)20(13-15)29-12-6-11-23(3,4)22(27)24-19-14-17(28-5)9-10-18(19)21(25)26/h7-10,13-14H,6,11-12H2,1-5H3,(H,24,27)(H,25,26). The third-order valence-electron chi connectivity index (χ3n) is 4.87. The maximum absolute atomic E-state index is 12.8. The van der Waals surface area contributed by atoms with Crippen molar-refractivity contribution in [1.82, 2.24) is 0 Å². The molecule has 0 saturated heterocycles. The maximum atomic E-state index is 12.8. The van der Waals surface area contributed by atoms with Crippen molar-refractivity contribution in [2.75, 3.05) is 19.0 Å². The van der Waals surface area contributed by atoms with Gasteiger partial charge in [0.25, 0.3) is 0 Å². The SMILES string of the molecule is COc1ccc(C(=O)O)c(NC(=O)C(C)(C)CCCOc2cc(C)ccc2C)c1. The fourth-order valence-electron chi connectivity index (χ4n) is 2.90. The molecule has 0 unspecified atom stereocenters. The Morgan fingerprint density at radius 3 is 2.48 bits per heavy atom. The van der Waals surface area contributed by atoms with Crippen LogP contribution in [-0.4, -0.2) is 30.7 Å². The number of hydrogen-bond donors (Lipinski definition) is 2. The second-order valence-electron chi connectivity index (χ2n) is 7.78. The van der Waals surface area contributed by atoms with Gasteiger partial charge in [-0.2, -0.15) is 0 Å². The van der Waals surface area contributed by atoms with Crippen LogP contribution in [0.2, 0.25) is 0 Å². The second-order valence-corrected chi connectivity index (χ2v) is 7.78. The summed E-state index contributed by atoms with van der Waals surface area (Å²) in [7, 11) is 1.49. The van der Waals surface area contributed by atoms with Gasteiger partial charge in [-0.15, -0.1) is 0 Å². The summed E-state index contributed by atoms with van der Waals surface area (Å²) in [5.41, 5.74) is 1.77. The maximum Gasteiger partial charge on any atom is 0.337 e. The zero-order chi connectivity index (χ0) is 21.6. The fourth-order valence-corrected chi connectivity index (χ4v) is 2.90. The van der Waals surface area contributed by atoms with Crippen LogP contribution in [0.3, 0.4) is 0 Å². The van der Waals surface area contributed by atoms with Crippen LogP contribution in [0.25, 0.3) is 0 Å². The first-order valence-corrected chi connectivity index (χ1v) is 9.57. The number of aromatic carboxylic acids is 1. The molecule has 0 aliphatic carbocycles. The lowest BCUT2D eigenvalue weighted by Crippen LogP contribution is -2.31. The van der Waals surface area contributed by atoms with E-state index >= 15 is 0 Å². The first-order valence-electron chi connectivity index (χ1n) is 9.57. The highest BCUT2D eigenvalue weighted by molar-refractivity contribution is 6.02. The molecule has 156 valence electrons. The number of carbonyl (C=O) groups excluding carboxylic acids is 1. The van der Waals surface area contributed by atoms with Crippen molar-refractivity contribution >= 4 is 17.6 Å². The van der Waals surface area contributed by atoms with Gasteiger partial charge >= 0.3 is 5.97 Å². The first-order chi connectivity index (χ1) is 13.6. The van der Waals surface area contributed by atoms with E-state index in [1.54, 1.807) is 6.07 Å². The number of nitrogens with one attached hydrogen (secondary N) is 1. The Labute approximate surface area is 171 Å². The van der Waals surface area contributed by atoms with E-state index in [4.69, 9.17) is 9.47 Å². The molecule has 0 aliphatic heterocycles. The molecule has 2 aromatic rings. The average molecular weight is 399 g/mol. The summed E-state index contributed by atoms with van der Waals surface area (Å²) < 4.78 is 11.0. The number of hydrogen-bond acceptors (Lipinski definition) is 4. The summed E-state index contributed by atoms with van der Waals surface area (Å²) in [6.45, 7) is 8.19. The van der Waals surface area contributed by atoms with Gasteiger partial charge in [-0.25, -0.2) is 4.79 Å². The number of rotatable bonds is 9. The van der Waals surface area contributed by atoms with E-state index in [0.29, 0.717) is 25.2 Å². The molecule has 0 aromatic heterocycles. The molecular weight excluding hydrogens is 370 g/mol. The van der Waals surface area contributed by atoms with Crippen molar-refractivity contribution in [2.45, 2.75) is 40.5 Å². The predicted molar refractivity (Wildman–Crippen MR) is 113 cm³/mol. The first kappa shape index (κ1) is 22.3. The number of amides is 1. The molecule has 0 fully saturated rings. The average Bonchev–Trinajstić information content (AvgIpc) is 2.67. The highest BCUT2D eigenvalue weighted by Gasteiger charge is 2.28. The monoisotopic (exact) mass is 399 g/mol. The molecule has 0 atom stereocenters. The number of carbonyl (C=O) groups is 2. The molecule has 2 N–H and O–H groups in total. The van der Waals surface area contributed by atoms with Crippen molar-refractivity contribution in [2.24, 2.45) is 5.41 Å². The van der Waals surface area contributed by atoms with Gasteiger partial charge in [0.15, 0.2) is 0 Å². The van der Waals surface area contributed by atoms with E-state index in [2.05, 4.69) is 5.32 Å². The Balaban J connectivity index is 1.98. The van der Waals surface area contributed by atoms with Gasteiger partial charge in [0, 0.05) is 11.5 Å². The van der Waals surface area contributed by atoms with Gasteiger partial charge in [0.1, 0.15) is 11.5 Å². The Morgan fingerprint density at radius 1 is 1.10 bits per heavy atom. The Hall–Kier alpha value is -3.02. The Kier molecular flexibility index (Phi) is 7.26. The van der Waals surface area contributed by atoms with E-state index in [1.165, 1.54) is 19.2 Å². The van der Waals surface area contributed by atoms with Crippen LogP contribution in [0.4, 0.5) is 5.69 Å². The van der Waals surface area contributed by atoms with E-state index < -0.39 is 11.4 Å². The number of carboxylic acid groups (broad SMARTS) is 1. The molecule has 0 spiro atoms. The topological polar surface area (TPSA) is 84.9 Å². The summed E-state index contributed by atoms with van der Waals surface area (Å²) in [6.07, 6.45) is 1.29. The number of aryl methyl sites for hydroxylation is 2. The van der Waals surface area contributed by atoms with Crippen LogP contribution in [0.5, 0.6) is 11.5 Å². The molecule has 1 amide bonds. The largest absolute Gasteiger partial charge is 0.497 e. The highest BCUT2D eigenvalue weighted by atomic mass is 16.5. The third-order valence-corrected chi connectivity index (χ3v) is 4.87. The van der Waals surface area contributed by atoms with Gasteiger partial charge in [-0.3, -0.25) is 4.79 Å². The van der Waals surface area contributed by atoms with Crippen LogP contribution in [-0.2, 0) is 4.79 Å². The number of carboxylic acids is 1. The van der Waals surface area contributed by atoms with E-state index in [-0.39, 0.29) is 17.2 Å². The van der Waals surface area contributed by atoms with Crippen molar-refractivity contribution < 1.29 is 24.2 Å². The zero-order valence-electron chi connectivity index (χ0n) is 17.7. The summed E-state index contributed by atoms with van der Waals surface area (Å²) in [5, 5.41) is 12.1. The number of benzene rings is 2. The Morgan fingerprint density at radius 2 is 1.83 bits per heavy atom. The number of methoxy groups -OCH3 is 1. The number of anilines is 1. The molecule has 0 radical (unpaired) electrons. The normalized spacial score (nSPS) is 11.1. The van der Waals surface area contributed by atoms with Crippen molar-refractivity contribution in [3.63, 3.8) is 0 Å². The summed E-state index contributed by atoms with van der Waals surface area (Å²) >= 11 is 0. The predicted octanol–water partition coefficient (Wildman–Crippen LogP) is 4.83. The van der Waals surface area contributed by atoms with E-state index in [0.717, 1.165) is 16.9 Å². The van der Waals surface area contributed by atoms with Gasteiger partial charge < -0.3 is 19.9 Å². The van der Waals surface area contributed by atoms with Gasteiger partial charge in [-0.05, 0) is 56.0 Å². The smallest absolute Gasteiger partial charge is 0.337 e. The lowest BCUT2D eigenvalue weighted by molar-refractivity contribution is -0.124. The van der Waals surface area contributed by atoms with E-state index in [9.17, 15) is 14.7 Å². The highest BCUT2D eigenvalue weighted by Crippen LogP contribution is 2.28. The molecule has 0 heterocycles. The molecule has 6 nitrogen and oxygen atoms in total. The summed E-state index contributed by atoms with van der Waals surface area (Å²) in [6, 6.07) is 10.6. The molecule has 2 aromatic carbocycles. The molecule has 2 rings (SSSR count). The molecule has 6 heteroatoms. The lowest BCUT2D eigenvalue weighted by atomic mass is 9.86. The molecule has 0 aliphatic rings. The van der Waals surface area contributed by atoms with Gasteiger partial charge in [-0.1, -0.05) is 26.0 Å². The Bertz CT molecular complexity index is 889. The lowest BCUT2D eigenvalue weighted by Gasteiger charge is -2.24. The minimum atomic E-state index is -1.11. The molecule has 29 heavy (non-hydrogen) atoms. The summed E-state index contributed by atoms with van der Waals surface area (Å²) in [5.74, 6) is -0.0255. The summed E-state index contributed by atoms with van der Waals surface area (Å²) in [4.78, 5) is 24.2. The van der Waals surface area contributed by atoms with E-state index in [1.807, 2.05) is 45.9 Å². The molecule has 0 bridgehead atoms. The van der Waals surface area contributed by atoms with Crippen LogP contribution >= 0.6 is 0 Å².